The normalized spacial score (nSPS) is 12.8. The number of amides is 1. The predicted molar refractivity (Wildman–Crippen MR) is 73.3 cm³/mol. The molecule has 0 aliphatic rings. The van der Waals surface area contributed by atoms with Gasteiger partial charge in [0.15, 0.2) is 0 Å². The van der Waals surface area contributed by atoms with Crippen molar-refractivity contribution in [3.8, 4) is 0 Å². The number of hydrogen-bond donors (Lipinski definition) is 2. The first kappa shape index (κ1) is 14.7. The highest BCUT2D eigenvalue weighted by Gasteiger charge is 2.24. The van der Waals surface area contributed by atoms with E-state index >= 15 is 0 Å². The number of likely N-dealkylation sites (N-methyl/N-ethyl adjacent to an activating group) is 1. The van der Waals surface area contributed by atoms with Crippen LogP contribution in [0, 0.1) is 5.92 Å². The Hall–Kier alpha value is -1.39. The van der Waals surface area contributed by atoms with Crippen LogP contribution in [0.4, 0.5) is 5.69 Å². The van der Waals surface area contributed by atoms with Crippen LogP contribution in [0.2, 0.25) is 0 Å². The number of anilines is 1. The number of nitrogens with zero attached hydrogens (tertiary/aromatic N) is 1. The molecule has 100 valence electrons. The summed E-state index contributed by atoms with van der Waals surface area (Å²) in [5, 5.41) is 11.9. The molecule has 0 saturated carbocycles. The Morgan fingerprint density at radius 1 is 1.39 bits per heavy atom. The van der Waals surface area contributed by atoms with Crippen LogP contribution in [0.3, 0.4) is 0 Å². The first-order valence-corrected chi connectivity index (χ1v) is 6.12. The maximum Gasteiger partial charge on any atom is 0.241 e. The Bertz CT molecular complexity index is 395. The second kappa shape index (κ2) is 6.52. The number of benzene rings is 1. The number of aliphatic hydroxyl groups excluding tert-OH is 1. The lowest BCUT2D eigenvalue weighted by Crippen LogP contribution is -2.43. The van der Waals surface area contributed by atoms with Crippen LogP contribution in [0.1, 0.15) is 19.4 Å². The standard InChI is InChI=1S/C14H22N2O2/c1-10(2)13(16(3)4)14(18)15-12-7-5-6-11(8-12)9-17/h5-8,10,13,17H,9H2,1-4H3,(H,15,18). The maximum atomic E-state index is 12.2. The Balaban J connectivity index is 2.79. The molecular formula is C14H22N2O2. The van der Waals surface area contributed by atoms with Crippen LogP contribution in [-0.4, -0.2) is 36.1 Å². The summed E-state index contributed by atoms with van der Waals surface area (Å²) in [4.78, 5) is 14.1. The summed E-state index contributed by atoms with van der Waals surface area (Å²) in [5.74, 6) is 0.214. The highest BCUT2D eigenvalue weighted by molar-refractivity contribution is 5.95. The molecule has 18 heavy (non-hydrogen) atoms. The zero-order valence-electron chi connectivity index (χ0n) is 11.5. The van der Waals surface area contributed by atoms with Crippen molar-refractivity contribution < 1.29 is 9.90 Å². The zero-order valence-corrected chi connectivity index (χ0v) is 11.5. The largest absolute Gasteiger partial charge is 0.392 e. The molecule has 0 saturated heterocycles. The van der Waals surface area contributed by atoms with E-state index in [1.807, 2.05) is 51.0 Å². The van der Waals surface area contributed by atoms with Crippen molar-refractivity contribution in [2.45, 2.75) is 26.5 Å². The minimum absolute atomic E-state index is 0.0228. The molecule has 4 heteroatoms. The van der Waals surface area contributed by atoms with Gasteiger partial charge in [-0.3, -0.25) is 9.69 Å². The molecule has 1 atom stereocenters. The van der Waals surface area contributed by atoms with Gasteiger partial charge in [0.2, 0.25) is 5.91 Å². The van der Waals surface area contributed by atoms with Crippen molar-refractivity contribution in [3.63, 3.8) is 0 Å². The van der Waals surface area contributed by atoms with Crippen LogP contribution in [0.15, 0.2) is 24.3 Å². The van der Waals surface area contributed by atoms with Gasteiger partial charge in [0.25, 0.3) is 0 Å². The lowest BCUT2D eigenvalue weighted by atomic mass is 10.0. The third-order valence-electron chi connectivity index (χ3n) is 2.83. The summed E-state index contributed by atoms with van der Waals surface area (Å²) in [6, 6.07) is 7.08. The fraction of sp³-hybridized carbons (Fsp3) is 0.500. The summed E-state index contributed by atoms with van der Waals surface area (Å²) in [7, 11) is 3.79. The maximum absolute atomic E-state index is 12.2. The molecule has 0 aromatic heterocycles. The van der Waals surface area contributed by atoms with E-state index in [1.54, 1.807) is 6.07 Å². The van der Waals surface area contributed by atoms with Crippen LogP contribution in [0.25, 0.3) is 0 Å². The van der Waals surface area contributed by atoms with Gasteiger partial charge < -0.3 is 10.4 Å². The summed E-state index contributed by atoms with van der Waals surface area (Å²) >= 11 is 0. The van der Waals surface area contributed by atoms with Crippen molar-refractivity contribution in [2.24, 2.45) is 5.92 Å². The Morgan fingerprint density at radius 2 is 2.06 bits per heavy atom. The van der Waals surface area contributed by atoms with Gasteiger partial charge >= 0.3 is 0 Å². The van der Waals surface area contributed by atoms with E-state index in [4.69, 9.17) is 5.11 Å². The SMILES string of the molecule is CC(C)C(C(=O)Nc1cccc(CO)c1)N(C)C. The average molecular weight is 250 g/mol. The lowest BCUT2D eigenvalue weighted by molar-refractivity contribution is -0.121. The third-order valence-corrected chi connectivity index (χ3v) is 2.83. The quantitative estimate of drug-likeness (QED) is 0.836. The van der Waals surface area contributed by atoms with Crippen LogP contribution >= 0.6 is 0 Å². The van der Waals surface area contributed by atoms with Crippen LogP contribution in [-0.2, 0) is 11.4 Å². The van der Waals surface area contributed by atoms with E-state index in [9.17, 15) is 4.79 Å². The van der Waals surface area contributed by atoms with Gasteiger partial charge in [-0.1, -0.05) is 26.0 Å². The second-order valence-electron chi connectivity index (χ2n) is 5.00. The highest BCUT2D eigenvalue weighted by atomic mass is 16.3. The highest BCUT2D eigenvalue weighted by Crippen LogP contribution is 2.14. The molecular weight excluding hydrogens is 228 g/mol. The summed E-state index contributed by atoms with van der Waals surface area (Å²) < 4.78 is 0. The molecule has 0 spiro atoms. The lowest BCUT2D eigenvalue weighted by Gasteiger charge is -2.26. The average Bonchev–Trinajstić information content (AvgIpc) is 2.28. The van der Waals surface area contributed by atoms with Crippen molar-refractivity contribution >= 4 is 11.6 Å². The van der Waals surface area contributed by atoms with E-state index < -0.39 is 0 Å². The van der Waals surface area contributed by atoms with E-state index in [2.05, 4.69) is 5.32 Å². The van der Waals surface area contributed by atoms with E-state index in [0.717, 1.165) is 11.3 Å². The molecule has 0 bridgehead atoms. The van der Waals surface area contributed by atoms with Crippen molar-refractivity contribution in [1.82, 2.24) is 4.90 Å². The van der Waals surface area contributed by atoms with Crippen molar-refractivity contribution in [3.05, 3.63) is 29.8 Å². The molecule has 1 aromatic rings. The third kappa shape index (κ3) is 3.82. The molecule has 1 rings (SSSR count). The molecule has 1 unspecified atom stereocenters. The van der Waals surface area contributed by atoms with Crippen LogP contribution < -0.4 is 5.32 Å². The Kier molecular flexibility index (Phi) is 5.31. The molecule has 0 radical (unpaired) electrons. The van der Waals surface area contributed by atoms with Gasteiger partial charge in [-0.15, -0.1) is 0 Å². The zero-order chi connectivity index (χ0) is 13.7. The molecule has 0 aliphatic carbocycles. The van der Waals surface area contributed by atoms with Crippen LogP contribution in [0.5, 0.6) is 0 Å². The fourth-order valence-electron chi connectivity index (χ4n) is 2.10. The van der Waals surface area contributed by atoms with E-state index in [0.29, 0.717) is 0 Å². The van der Waals surface area contributed by atoms with Gasteiger partial charge in [-0.2, -0.15) is 0 Å². The van der Waals surface area contributed by atoms with Gasteiger partial charge in [0, 0.05) is 5.69 Å². The molecule has 2 N–H and O–H groups in total. The van der Waals surface area contributed by atoms with Crippen molar-refractivity contribution in [2.75, 3.05) is 19.4 Å². The number of nitrogens with one attached hydrogen (secondary N) is 1. The molecule has 4 nitrogen and oxygen atoms in total. The number of carbonyl (C=O) groups is 1. The first-order chi connectivity index (χ1) is 8.45. The number of aliphatic hydroxyl groups is 1. The van der Waals surface area contributed by atoms with E-state index in [-0.39, 0.29) is 24.5 Å². The number of hydrogen-bond acceptors (Lipinski definition) is 3. The Morgan fingerprint density at radius 3 is 2.56 bits per heavy atom. The second-order valence-corrected chi connectivity index (χ2v) is 5.00. The molecule has 1 amide bonds. The van der Waals surface area contributed by atoms with Gasteiger partial charge in [0.05, 0.1) is 12.6 Å². The van der Waals surface area contributed by atoms with Crippen molar-refractivity contribution in [1.29, 1.82) is 0 Å². The first-order valence-electron chi connectivity index (χ1n) is 6.12. The topological polar surface area (TPSA) is 52.6 Å². The van der Waals surface area contributed by atoms with E-state index in [1.165, 1.54) is 0 Å². The fourth-order valence-corrected chi connectivity index (χ4v) is 2.10. The monoisotopic (exact) mass is 250 g/mol. The van der Waals surface area contributed by atoms with Gasteiger partial charge in [0.1, 0.15) is 0 Å². The molecule has 0 fully saturated rings. The molecule has 0 heterocycles. The number of rotatable bonds is 5. The molecule has 0 aliphatic heterocycles. The summed E-state index contributed by atoms with van der Waals surface area (Å²) in [5.41, 5.74) is 1.51. The Labute approximate surface area is 109 Å². The van der Waals surface area contributed by atoms with Gasteiger partial charge in [-0.25, -0.2) is 0 Å². The summed E-state index contributed by atoms with van der Waals surface area (Å²) in [6.45, 7) is 4.02. The minimum atomic E-state index is -0.164. The minimum Gasteiger partial charge on any atom is -0.392 e. The molecule has 1 aromatic carbocycles. The predicted octanol–water partition coefficient (Wildman–Crippen LogP) is 1.70. The summed E-state index contributed by atoms with van der Waals surface area (Å²) in [6.07, 6.45) is 0. The smallest absolute Gasteiger partial charge is 0.241 e. The number of carbonyl (C=O) groups excluding carboxylic acids is 1. The van der Waals surface area contributed by atoms with Gasteiger partial charge in [-0.05, 0) is 37.7 Å².